The van der Waals surface area contributed by atoms with E-state index in [-0.39, 0.29) is 29.8 Å². The first-order chi connectivity index (χ1) is 15.1. The molecule has 0 bridgehead atoms. The van der Waals surface area contributed by atoms with Crippen LogP contribution >= 0.6 is 12.0 Å². The Labute approximate surface area is 198 Å². The molecule has 176 valence electrons. The monoisotopic (exact) mass is 458 g/mol. The van der Waals surface area contributed by atoms with Crippen LogP contribution in [0, 0.1) is 18.3 Å². The molecule has 0 saturated carbocycles. The summed E-state index contributed by atoms with van der Waals surface area (Å²) in [5.74, 6) is 1.90. The first-order valence-corrected chi connectivity index (χ1v) is 12.4. The van der Waals surface area contributed by atoms with Gasteiger partial charge in [-0.05, 0) is 49.1 Å². The minimum atomic E-state index is -0.409. The molecule has 2 rings (SSSR count). The number of Topliss-reactive ketones (excluding diaryl/α,β-unsaturated/α-hetero) is 1. The molecule has 4 nitrogen and oxygen atoms in total. The number of carbonyl (C=O) groups is 1. The maximum Gasteiger partial charge on any atom is 0.175 e. The summed E-state index contributed by atoms with van der Waals surface area (Å²) in [5.41, 5.74) is 1.55. The Kier molecular flexibility index (Phi) is 9.08. The van der Waals surface area contributed by atoms with Crippen molar-refractivity contribution >= 4 is 17.8 Å². The van der Waals surface area contributed by atoms with Gasteiger partial charge in [0.05, 0.1) is 17.5 Å². The van der Waals surface area contributed by atoms with Gasteiger partial charge >= 0.3 is 0 Å². The van der Waals surface area contributed by atoms with Crippen molar-refractivity contribution in [3.63, 3.8) is 0 Å². The van der Waals surface area contributed by atoms with Crippen LogP contribution in [-0.4, -0.2) is 24.7 Å². The number of benzene rings is 1. The Balaban J connectivity index is 2.30. The standard InChI is InChI=1S/C27H38O4S/c1-9-20-17-25(31-23(20)14-15-30-32-8)27(10-2,11-3)21-12-13-22(19(4)16-21)29-18-24(28)26(5,6)7/h9,12-17,20,23H,1,10-11,18H2,2-8H3/b15-14+. The summed E-state index contributed by atoms with van der Waals surface area (Å²) in [6.07, 6.45) is 11.3. The van der Waals surface area contributed by atoms with E-state index in [4.69, 9.17) is 13.7 Å². The van der Waals surface area contributed by atoms with E-state index in [1.807, 2.05) is 52.2 Å². The highest BCUT2D eigenvalue weighted by atomic mass is 32.2. The Morgan fingerprint density at radius 1 is 1.25 bits per heavy atom. The summed E-state index contributed by atoms with van der Waals surface area (Å²) in [5, 5.41) is 0. The van der Waals surface area contributed by atoms with Crippen LogP contribution in [-0.2, 0) is 19.1 Å². The zero-order valence-corrected chi connectivity index (χ0v) is 21.4. The average molecular weight is 459 g/mol. The number of allylic oxidation sites excluding steroid dienone is 1. The van der Waals surface area contributed by atoms with E-state index in [0.717, 1.165) is 29.9 Å². The van der Waals surface area contributed by atoms with Gasteiger partial charge in [-0.15, -0.1) is 6.58 Å². The van der Waals surface area contributed by atoms with Crippen LogP contribution in [0.25, 0.3) is 0 Å². The molecule has 0 aliphatic carbocycles. The summed E-state index contributed by atoms with van der Waals surface area (Å²) < 4.78 is 17.6. The van der Waals surface area contributed by atoms with Gasteiger partial charge in [-0.25, -0.2) is 0 Å². The minimum Gasteiger partial charge on any atom is -0.489 e. The summed E-state index contributed by atoms with van der Waals surface area (Å²) in [6.45, 7) is 16.2. The molecule has 0 N–H and O–H groups in total. The third-order valence-corrected chi connectivity index (χ3v) is 6.58. The largest absolute Gasteiger partial charge is 0.489 e. The van der Waals surface area contributed by atoms with Crippen LogP contribution in [0.5, 0.6) is 5.75 Å². The minimum absolute atomic E-state index is 0.0811. The SMILES string of the molecule is C=CC1C=C(C(CC)(CC)c2ccc(OCC(=O)C(C)(C)C)c(C)c2)OC1/C=C/OSC. The van der Waals surface area contributed by atoms with Crippen molar-refractivity contribution in [2.24, 2.45) is 11.3 Å². The summed E-state index contributed by atoms with van der Waals surface area (Å²) in [7, 11) is 0. The number of hydrogen-bond donors (Lipinski definition) is 0. The molecule has 0 saturated heterocycles. The van der Waals surface area contributed by atoms with Gasteiger partial charge in [-0.3, -0.25) is 4.79 Å². The first kappa shape index (κ1) is 26.1. The second-order valence-corrected chi connectivity index (χ2v) is 9.77. The summed E-state index contributed by atoms with van der Waals surface area (Å²) in [6, 6.07) is 6.24. The van der Waals surface area contributed by atoms with Crippen molar-refractivity contribution in [3.05, 3.63) is 66.2 Å². The molecule has 1 aliphatic rings. The molecule has 0 fully saturated rings. The van der Waals surface area contributed by atoms with Crippen LogP contribution in [0.3, 0.4) is 0 Å². The van der Waals surface area contributed by atoms with Crippen molar-refractivity contribution in [3.8, 4) is 5.75 Å². The highest BCUT2D eigenvalue weighted by Gasteiger charge is 2.40. The van der Waals surface area contributed by atoms with E-state index >= 15 is 0 Å². The van der Waals surface area contributed by atoms with Crippen molar-refractivity contribution in [1.82, 2.24) is 0 Å². The number of rotatable bonds is 11. The highest BCUT2D eigenvalue weighted by molar-refractivity contribution is 7.94. The molecule has 5 heteroatoms. The molecular weight excluding hydrogens is 420 g/mol. The van der Waals surface area contributed by atoms with Gasteiger partial charge < -0.3 is 13.7 Å². The van der Waals surface area contributed by atoms with E-state index < -0.39 is 5.41 Å². The van der Waals surface area contributed by atoms with Crippen molar-refractivity contribution in [2.45, 2.75) is 65.9 Å². The molecule has 0 spiro atoms. The molecule has 0 amide bonds. The molecular formula is C27H38O4S. The third kappa shape index (κ3) is 5.80. The number of ether oxygens (including phenoxy) is 2. The summed E-state index contributed by atoms with van der Waals surface area (Å²) in [4.78, 5) is 12.3. The van der Waals surface area contributed by atoms with Gasteiger partial charge in [0.25, 0.3) is 0 Å². The lowest BCUT2D eigenvalue weighted by molar-refractivity contribution is -0.128. The number of carbonyl (C=O) groups excluding carboxylic acids is 1. The van der Waals surface area contributed by atoms with Crippen LogP contribution in [0.15, 0.2) is 55.0 Å². The van der Waals surface area contributed by atoms with Gasteiger partial charge in [0.1, 0.15) is 30.5 Å². The number of aryl methyl sites for hydroxylation is 1. The predicted octanol–water partition coefficient (Wildman–Crippen LogP) is 6.94. The van der Waals surface area contributed by atoms with E-state index in [1.165, 1.54) is 17.6 Å². The number of ketones is 1. The lowest BCUT2D eigenvalue weighted by Gasteiger charge is -2.34. The maximum absolute atomic E-state index is 12.3. The van der Waals surface area contributed by atoms with Gasteiger partial charge in [0, 0.05) is 17.6 Å². The Morgan fingerprint density at radius 3 is 2.47 bits per heavy atom. The van der Waals surface area contributed by atoms with Crippen LogP contribution in [0.4, 0.5) is 0 Å². The first-order valence-electron chi connectivity index (χ1n) is 11.3. The molecule has 0 radical (unpaired) electrons. The highest BCUT2D eigenvalue weighted by Crippen LogP contribution is 2.45. The Morgan fingerprint density at radius 2 is 1.94 bits per heavy atom. The fourth-order valence-electron chi connectivity index (χ4n) is 3.96. The Hall–Kier alpha value is -2.14. The van der Waals surface area contributed by atoms with E-state index in [1.54, 1.807) is 6.26 Å². The van der Waals surface area contributed by atoms with Gasteiger partial charge in [-0.2, -0.15) is 0 Å². The summed E-state index contributed by atoms with van der Waals surface area (Å²) >= 11 is 1.30. The normalized spacial score (nSPS) is 18.9. The van der Waals surface area contributed by atoms with Gasteiger partial charge in [0.15, 0.2) is 5.78 Å². The van der Waals surface area contributed by atoms with Crippen LogP contribution in [0.2, 0.25) is 0 Å². The molecule has 0 aromatic heterocycles. The number of hydrogen-bond acceptors (Lipinski definition) is 5. The predicted molar refractivity (Wildman–Crippen MR) is 134 cm³/mol. The second kappa shape index (κ2) is 11.1. The molecule has 1 aromatic carbocycles. The van der Waals surface area contributed by atoms with Crippen LogP contribution < -0.4 is 4.74 Å². The van der Waals surface area contributed by atoms with Crippen molar-refractivity contribution in [2.75, 3.05) is 12.9 Å². The van der Waals surface area contributed by atoms with Crippen LogP contribution in [0.1, 0.15) is 58.6 Å². The lowest BCUT2D eigenvalue weighted by Crippen LogP contribution is -2.29. The zero-order chi connectivity index (χ0) is 23.9. The topological polar surface area (TPSA) is 44.8 Å². The molecule has 1 aliphatic heterocycles. The molecule has 1 heterocycles. The molecule has 2 unspecified atom stereocenters. The van der Waals surface area contributed by atoms with Crippen molar-refractivity contribution in [1.29, 1.82) is 0 Å². The smallest absolute Gasteiger partial charge is 0.175 e. The second-order valence-electron chi connectivity index (χ2n) is 9.25. The molecule has 1 aromatic rings. The fourth-order valence-corrected chi connectivity index (χ4v) is 4.13. The van der Waals surface area contributed by atoms with E-state index in [2.05, 4.69) is 38.6 Å². The van der Waals surface area contributed by atoms with E-state index in [0.29, 0.717) is 0 Å². The van der Waals surface area contributed by atoms with Gasteiger partial charge in [-0.1, -0.05) is 52.8 Å². The average Bonchev–Trinajstić information content (AvgIpc) is 3.17. The fraction of sp³-hybridized carbons (Fsp3) is 0.519. The third-order valence-electron chi connectivity index (χ3n) is 6.28. The lowest BCUT2D eigenvalue weighted by atomic mass is 9.73. The zero-order valence-electron chi connectivity index (χ0n) is 20.6. The maximum atomic E-state index is 12.3. The molecule has 32 heavy (non-hydrogen) atoms. The Bertz CT molecular complexity index is 859. The quantitative estimate of drug-likeness (QED) is 0.204. The molecule has 2 atom stereocenters. The van der Waals surface area contributed by atoms with Crippen molar-refractivity contribution < 1.29 is 18.5 Å². The van der Waals surface area contributed by atoms with E-state index in [9.17, 15) is 4.79 Å². The van der Waals surface area contributed by atoms with Gasteiger partial charge in [0.2, 0.25) is 0 Å².